The van der Waals surface area contributed by atoms with E-state index >= 15 is 0 Å². The van der Waals surface area contributed by atoms with Crippen LogP contribution in [0.3, 0.4) is 0 Å². The second-order valence-electron chi connectivity index (χ2n) is 4.42. The first-order valence-electron chi connectivity index (χ1n) is 5.99. The van der Waals surface area contributed by atoms with Crippen LogP contribution >= 0.6 is 22.9 Å². The van der Waals surface area contributed by atoms with Crippen molar-refractivity contribution in [2.45, 2.75) is 6.54 Å². The van der Waals surface area contributed by atoms with Crippen molar-refractivity contribution < 1.29 is 4.39 Å². The number of anilines is 1. The molecule has 6 heteroatoms. The van der Waals surface area contributed by atoms with E-state index < -0.39 is 0 Å². The zero-order valence-corrected chi connectivity index (χ0v) is 12.2. The maximum atomic E-state index is 13.4. The summed E-state index contributed by atoms with van der Waals surface area (Å²) in [7, 11) is 1.92. The van der Waals surface area contributed by atoms with Crippen molar-refractivity contribution in [1.29, 1.82) is 0 Å². The van der Waals surface area contributed by atoms with E-state index in [9.17, 15) is 4.39 Å². The van der Waals surface area contributed by atoms with E-state index in [1.807, 2.05) is 24.1 Å². The zero-order chi connectivity index (χ0) is 14.1. The largest absolute Gasteiger partial charge is 0.354 e. The van der Waals surface area contributed by atoms with Crippen LogP contribution in [0.15, 0.2) is 36.7 Å². The Hall–Kier alpha value is -1.72. The molecule has 0 bridgehead atoms. The minimum Gasteiger partial charge on any atom is -0.354 e. The molecule has 0 aliphatic rings. The average molecular weight is 308 g/mol. The molecule has 0 amide bonds. The molecule has 2 heterocycles. The topological polar surface area (TPSA) is 29.0 Å². The molecule has 102 valence electrons. The van der Waals surface area contributed by atoms with Gasteiger partial charge in [-0.15, -0.1) is 11.3 Å². The fourth-order valence-corrected chi connectivity index (χ4v) is 3.21. The number of nitrogens with zero attached hydrogens (tertiary/aromatic N) is 3. The smallest absolute Gasteiger partial charge is 0.140 e. The second-order valence-corrected chi connectivity index (χ2v) is 6.22. The predicted octanol–water partition coefficient (Wildman–Crippen LogP) is 4.12. The van der Waals surface area contributed by atoms with Gasteiger partial charge in [0.2, 0.25) is 0 Å². The van der Waals surface area contributed by atoms with Gasteiger partial charge in [0.15, 0.2) is 0 Å². The van der Waals surface area contributed by atoms with Crippen LogP contribution in [0.5, 0.6) is 0 Å². The third-order valence-electron chi connectivity index (χ3n) is 2.96. The van der Waals surface area contributed by atoms with Gasteiger partial charge in [-0.05, 0) is 30.3 Å². The molecule has 2 aromatic heterocycles. The Balaban J connectivity index is 1.98. The summed E-state index contributed by atoms with van der Waals surface area (Å²) in [6.07, 6.45) is 1.49. The van der Waals surface area contributed by atoms with Gasteiger partial charge in [-0.25, -0.2) is 14.4 Å². The molecule has 20 heavy (non-hydrogen) atoms. The number of hydrogen-bond acceptors (Lipinski definition) is 4. The van der Waals surface area contributed by atoms with Gasteiger partial charge in [-0.1, -0.05) is 11.6 Å². The maximum absolute atomic E-state index is 13.4. The molecule has 0 atom stereocenters. The van der Waals surface area contributed by atoms with E-state index in [2.05, 4.69) is 9.97 Å². The SMILES string of the molecule is CN(Cc1ccc(Cl)s1)c1ncnc2ccc(F)cc12. The highest BCUT2D eigenvalue weighted by Crippen LogP contribution is 2.27. The molecule has 1 aromatic carbocycles. The molecule has 0 saturated carbocycles. The van der Waals surface area contributed by atoms with Crippen molar-refractivity contribution in [1.82, 2.24) is 9.97 Å². The Morgan fingerprint density at radius 3 is 2.85 bits per heavy atom. The first kappa shape index (κ1) is 13.3. The third-order valence-corrected chi connectivity index (χ3v) is 4.18. The van der Waals surface area contributed by atoms with Crippen molar-refractivity contribution in [2.75, 3.05) is 11.9 Å². The Labute approximate surface area is 124 Å². The van der Waals surface area contributed by atoms with Crippen LogP contribution in [-0.2, 0) is 6.54 Å². The number of aromatic nitrogens is 2. The lowest BCUT2D eigenvalue weighted by molar-refractivity contribution is 0.629. The van der Waals surface area contributed by atoms with E-state index in [1.54, 1.807) is 6.07 Å². The predicted molar refractivity (Wildman–Crippen MR) is 80.9 cm³/mol. The summed E-state index contributed by atoms with van der Waals surface area (Å²) in [6.45, 7) is 0.667. The minimum absolute atomic E-state index is 0.291. The summed E-state index contributed by atoms with van der Waals surface area (Å²) in [6, 6.07) is 8.37. The second kappa shape index (κ2) is 5.34. The molecular weight excluding hydrogens is 297 g/mol. The van der Waals surface area contributed by atoms with Crippen LogP contribution in [0.25, 0.3) is 10.9 Å². The molecule has 0 unspecified atom stereocenters. The molecule has 3 rings (SSSR count). The van der Waals surface area contributed by atoms with Crippen LogP contribution in [0.4, 0.5) is 10.2 Å². The summed E-state index contributed by atoms with van der Waals surface area (Å²) in [5.41, 5.74) is 0.729. The monoisotopic (exact) mass is 307 g/mol. The van der Waals surface area contributed by atoms with E-state index in [0.717, 1.165) is 14.7 Å². The van der Waals surface area contributed by atoms with Crippen LogP contribution < -0.4 is 4.90 Å². The van der Waals surface area contributed by atoms with Gasteiger partial charge in [-0.3, -0.25) is 0 Å². The number of rotatable bonds is 3. The van der Waals surface area contributed by atoms with Crippen molar-refractivity contribution >= 4 is 39.7 Å². The number of halogens is 2. The standard InChI is InChI=1S/C14H11ClFN3S/c1-19(7-10-3-5-13(15)20-10)14-11-6-9(16)2-4-12(11)17-8-18-14/h2-6,8H,7H2,1H3. The highest BCUT2D eigenvalue weighted by atomic mass is 35.5. The lowest BCUT2D eigenvalue weighted by Gasteiger charge is -2.18. The minimum atomic E-state index is -0.291. The Morgan fingerprint density at radius 2 is 2.10 bits per heavy atom. The van der Waals surface area contributed by atoms with Crippen molar-refractivity contribution in [3.05, 3.63) is 51.7 Å². The molecule has 3 aromatic rings. The third kappa shape index (κ3) is 2.59. The van der Waals surface area contributed by atoms with Crippen molar-refractivity contribution in [2.24, 2.45) is 0 Å². The summed E-state index contributed by atoms with van der Waals surface area (Å²) in [5.74, 6) is 0.417. The first-order chi connectivity index (χ1) is 9.63. The Morgan fingerprint density at radius 1 is 1.25 bits per heavy atom. The van der Waals surface area contributed by atoms with E-state index in [-0.39, 0.29) is 5.82 Å². The van der Waals surface area contributed by atoms with E-state index in [0.29, 0.717) is 17.7 Å². The lowest BCUT2D eigenvalue weighted by Crippen LogP contribution is -2.17. The summed E-state index contributed by atoms with van der Waals surface area (Å²) >= 11 is 7.46. The van der Waals surface area contributed by atoms with Crippen molar-refractivity contribution in [3.63, 3.8) is 0 Å². The summed E-state index contributed by atoms with van der Waals surface area (Å²) < 4.78 is 14.2. The molecule has 0 aliphatic heterocycles. The number of thiophene rings is 1. The quantitative estimate of drug-likeness (QED) is 0.729. The fraction of sp³-hybridized carbons (Fsp3) is 0.143. The lowest BCUT2D eigenvalue weighted by atomic mass is 10.2. The van der Waals surface area contributed by atoms with E-state index in [4.69, 9.17) is 11.6 Å². The molecule has 0 fully saturated rings. The maximum Gasteiger partial charge on any atom is 0.140 e. The van der Waals surface area contributed by atoms with Crippen LogP contribution in [0.1, 0.15) is 4.88 Å². The Kier molecular flexibility index (Phi) is 3.54. The number of hydrogen-bond donors (Lipinski definition) is 0. The molecule has 0 saturated heterocycles. The highest BCUT2D eigenvalue weighted by molar-refractivity contribution is 7.16. The fourth-order valence-electron chi connectivity index (χ4n) is 2.06. The molecular formula is C14H11ClFN3S. The van der Waals surface area contributed by atoms with Crippen molar-refractivity contribution in [3.8, 4) is 0 Å². The highest BCUT2D eigenvalue weighted by Gasteiger charge is 2.11. The molecule has 0 aliphatic carbocycles. The molecule has 0 N–H and O–H groups in total. The number of benzene rings is 1. The molecule has 3 nitrogen and oxygen atoms in total. The van der Waals surface area contributed by atoms with Gasteiger partial charge < -0.3 is 4.90 Å². The zero-order valence-electron chi connectivity index (χ0n) is 10.7. The first-order valence-corrected chi connectivity index (χ1v) is 7.18. The molecule has 0 spiro atoms. The summed E-state index contributed by atoms with van der Waals surface area (Å²) in [4.78, 5) is 11.5. The van der Waals surface area contributed by atoms with Gasteiger partial charge >= 0.3 is 0 Å². The van der Waals surface area contributed by atoms with Gasteiger partial charge in [0.05, 0.1) is 16.4 Å². The van der Waals surface area contributed by atoms with Crippen LogP contribution in [0, 0.1) is 5.82 Å². The van der Waals surface area contributed by atoms with E-state index in [1.165, 1.54) is 29.8 Å². The molecule has 0 radical (unpaired) electrons. The Bertz CT molecular complexity index is 759. The number of fused-ring (bicyclic) bond motifs is 1. The van der Waals surface area contributed by atoms with Crippen LogP contribution in [-0.4, -0.2) is 17.0 Å². The normalized spacial score (nSPS) is 10.9. The van der Waals surface area contributed by atoms with Crippen LogP contribution in [0.2, 0.25) is 4.34 Å². The van der Waals surface area contributed by atoms with Gasteiger partial charge in [0.1, 0.15) is 18.0 Å². The average Bonchev–Trinajstić information content (AvgIpc) is 2.83. The van der Waals surface area contributed by atoms with Gasteiger partial charge in [0.25, 0.3) is 0 Å². The van der Waals surface area contributed by atoms with Gasteiger partial charge in [-0.2, -0.15) is 0 Å². The summed E-state index contributed by atoms with van der Waals surface area (Å²) in [5, 5.41) is 0.706. The van der Waals surface area contributed by atoms with Gasteiger partial charge in [0, 0.05) is 17.3 Å².